The van der Waals surface area contributed by atoms with E-state index in [1.807, 2.05) is 0 Å². The van der Waals surface area contributed by atoms with Crippen molar-refractivity contribution in [3.05, 3.63) is 34.5 Å². The first-order valence-electron chi connectivity index (χ1n) is 8.64. The molecule has 0 radical (unpaired) electrons. The molecule has 1 aliphatic heterocycles. The van der Waals surface area contributed by atoms with Crippen LogP contribution < -0.4 is 5.32 Å². The number of hydrogen-bond acceptors (Lipinski definition) is 2. The molecule has 2 unspecified atom stereocenters. The number of aryl methyl sites for hydroxylation is 3. The van der Waals surface area contributed by atoms with E-state index in [1.54, 1.807) is 0 Å². The van der Waals surface area contributed by atoms with Gasteiger partial charge in [-0.25, -0.2) is 0 Å². The van der Waals surface area contributed by atoms with Gasteiger partial charge in [-0.05, 0) is 63.1 Å². The highest BCUT2D eigenvalue weighted by atomic mass is 16.5. The maximum atomic E-state index is 12.3. The quantitative estimate of drug-likeness (QED) is 0.896. The van der Waals surface area contributed by atoms with Crippen LogP contribution in [0.25, 0.3) is 10.9 Å². The van der Waals surface area contributed by atoms with E-state index >= 15 is 0 Å². The Morgan fingerprint density at radius 2 is 2.17 bits per heavy atom. The fraction of sp³-hybridized carbons (Fsp3) is 0.526. The highest BCUT2D eigenvalue weighted by molar-refractivity contribution is 5.88. The number of aromatic nitrogens is 1. The van der Waals surface area contributed by atoms with Crippen molar-refractivity contribution < 1.29 is 9.53 Å². The van der Waals surface area contributed by atoms with Gasteiger partial charge in [0, 0.05) is 29.2 Å². The molecule has 23 heavy (non-hydrogen) atoms. The second-order valence-electron chi connectivity index (χ2n) is 7.04. The fourth-order valence-corrected chi connectivity index (χ4v) is 4.08. The molecular weight excluding hydrogens is 288 g/mol. The summed E-state index contributed by atoms with van der Waals surface area (Å²) in [5, 5.41) is 4.53. The molecule has 1 saturated heterocycles. The van der Waals surface area contributed by atoms with Crippen LogP contribution in [-0.2, 0) is 22.4 Å². The summed E-state index contributed by atoms with van der Waals surface area (Å²) in [7, 11) is 0. The zero-order valence-electron chi connectivity index (χ0n) is 13.9. The SMILES string of the molecule is Cc1cc(C)c2[nH]c3c(c2c1)CC(NC(=O)C1CCCO1)CC3. The Kier molecular flexibility index (Phi) is 3.64. The van der Waals surface area contributed by atoms with Crippen LogP contribution in [0.2, 0.25) is 0 Å². The Balaban J connectivity index is 1.57. The lowest BCUT2D eigenvalue weighted by molar-refractivity contribution is -0.130. The van der Waals surface area contributed by atoms with E-state index in [0.29, 0.717) is 6.61 Å². The molecule has 2 N–H and O–H groups in total. The molecule has 1 fully saturated rings. The summed E-state index contributed by atoms with van der Waals surface area (Å²) in [4.78, 5) is 15.9. The number of rotatable bonds is 2. The van der Waals surface area contributed by atoms with E-state index in [-0.39, 0.29) is 18.1 Å². The van der Waals surface area contributed by atoms with E-state index in [0.717, 1.165) is 32.1 Å². The Morgan fingerprint density at radius 1 is 1.30 bits per heavy atom. The lowest BCUT2D eigenvalue weighted by Gasteiger charge is -2.25. The van der Waals surface area contributed by atoms with Crippen molar-refractivity contribution >= 4 is 16.8 Å². The monoisotopic (exact) mass is 312 g/mol. The summed E-state index contributed by atoms with van der Waals surface area (Å²) in [6.45, 7) is 5.02. The molecule has 1 aliphatic carbocycles. The molecule has 1 aromatic carbocycles. The number of fused-ring (bicyclic) bond motifs is 3. The first kappa shape index (κ1) is 14.8. The minimum absolute atomic E-state index is 0.0724. The van der Waals surface area contributed by atoms with E-state index in [1.165, 1.54) is 33.3 Å². The normalized spacial score (nSPS) is 23.9. The van der Waals surface area contributed by atoms with Crippen molar-refractivity contribution in [2.75, 3.05) is 6.61 Å². The van der Waals surface area contributed by atoms with Gasteiger partial charge in [-0.2, -0.15) is 0 Å². The summed E-state index contributed by atoms with van der Waals surface area (Å²) in [5.41, 5.74) is 6.58. The molecular formula is C19H24N2O2. The first-order chi connectivity index (χ1) is 11.1. The lowest BCUT2D eigenvalue weighted by atomic mass is 9.90. The van der Waals surface area contributed by atoms with Gasteiger partial charge in [-0.15, -0.1) is 0 Å². The second kappa shape index (κ2) is 5.68. The minimum Gasteiger partial charge on any atom is -0.368 e. The fourth-order valence-electron chi connectivity index (χ4n) is 4.08. The number of H-pyrrole nitrogens is 1. The zero-order valence-corrected chi connectivity index (χ0v) is 13.9. The second-order valence-corrected chi connectivity index (χ2v) is 7.04. The number of carbonyl (C=O) groups excluding carboxylic acids is 1. The number of carbonyl (C=O) groups is 1. The average molecular weight is 312 g/mol. The predicted molar refractivity (Wildman–Crippen MR) is 90.7 cm³/mol. The van der Waals surface area contributed by atoms with Crippen LogP contribution in [0.3, 0.4) is 0 Å². The van der Waals surface area contributed by atoms with Crippen LogP contribution in [0.4, 0.5) is 0 Å². The maximum Gasteiger partial charge on any atom is 0.249 e. The maximum absolute atomic E-state index is 12.3. The van der Waals surface area contributed by atoms with Gasteiger partial charge in [0.15, 0.2) is 0 Å². The van der Waals surface area contributed by atoms with Crippen molar-refractivity contribution in [2.45, 2.75) is 58.1 Å². The first-order valence-corrected chi connectivity index (χ1v) is 8.64. The van der Waals surface area contributed by atoms with Gasteiger partial charge in [-0.1, -0.05) is 11.6 Å². The molecule has 1 amide bonds. The molecule has 2 atom stereocenters. The van der Waals surface area contributed by atoms with Crippen LogP contribution in [-0.4, -0.2) is 29.6 Å². The van der Waals surface area contributed by atoms with Crippen molar-refractivity contribution in [2.24, 2.45) is 0 Å². The molecule has 4 heteroatoms. The molecule has 122 valence electrons. The molecule has 4 rings (SSSR count). The minimum atomic E-state index is -0.233. The zero-order chi connectivity index (χ0) is 16.0. The van der Waals surface area contributed by atoms with Gasteiger partial charge < -0.3 is 15.0 Å². The third kappa shape index (κ3) is 2.65. The summed E-state index contributed by atoms with van der Waals surface area (Å²) >= 11 is 0. The third-order valence-corrected chi connectivity index (χ3v) is 5.21. The van der Waals surface area contributed by atoms with Gasteiger partial charge in [0.25, 0.3) is 0 Å². The van der Waals surface area contributed by atoms with Crippen molar-refractivity contribution in [3.63, 3.8) is 0 Å². The summed E-state index contributed by atoms with van der Waals surface area (Å²) in [6.07, 6.45) is 4.53. The van der Waals surface area contributed by atoms with E-state index in [2.05, 4.69) is 36.3 Å². The Morgan fingerprint density at radius 3 is 2.96 bits per heavy atom. The molecule has 0 bridgehead atoms. The molecule has 0 saturated carbocycles. The van der Waals surface area contributed by atoms with Gasteiger partial charge in [0.1, 0.15) is 6.10 Å². The molecule has 2 aromatic rings. The highest BCUT2D eigenvalue weighted by Gasteiger charge is 2.28. The Bertz CT molecular complexity index is 756. The van der Waals surface area contributed by atoms with Crippen molar-refractivity contribution in [3.8, 4) is 0 Å². The van der Waals surface area contributed by atoms with E-state index in [9.17, 15) is 4.79 Å². The molecule has 1 aromatic heterocycles. The van der Waals surface area contributed by atoms with Crippen LogP contribution in [0, 0.1) is 13.8 Å². The molecule has 4 nitrogen and oxygen atoms in total. The third-order valence-electron chi connectivity index (χ3n) is 5.21. The Hall–Kier alpha value is -1.81. The topological polar surface area (TPSA) is 54.1 Å². The van der Waals surface area contributed by atoms with Gasteiger partial charge in [0.2, 0.25) is 5.91 Å². The highest BCUT2D eigenvalue weighted by Crippen LogP contribution is 2.31. The predicted octanol–water partition coefficient (Wildman–Crippen LogP) is 2.94. The summed E-state index contributed by atoms with van der Waals surface area (Å²) < 4.78 is 5.49. The standard InChI is InChI=1S/C19H24N2O2/c1-11-8-12(2)18-15(9-11)14-10-13(5-6-16(14)21-18)20-19(22)17-4-3-7-23-17/h8-9,13,17,21H,3-7,10H2,1-2H3,(H,20,22). The molecule has 0 spiro atoms. The van der Waals surface area contributed by atoms with Crippen LogP contribution in [0.1, 0.15) is 41.6 Å². The number of amides is 1. The van der Waals surface area contributed by atoms with Crippen molar-refractivity contribution in [1.29, 1.82) is 0 Å². The van der Waals surface area contributed by atoms with Crippen LogP contribution in [0.15, 0.2) is 12.1 Å². The number of benzene rings is 1. The van der Waals surface area contributed by atoms with Crippen LogP contribution in [0.5, 0.6) is 0 Å². The van der Waals surface area contributed by atoms with Gasteiger partial charge in [-0.3, -0.25) is 4.79 Å². The van der Waals surface area contributed by atoms with Crippen LogP contribution >= 0.6 is 0 Å². The molecule has 2 aliphatic rings. The van der Waals surface area contributed by atoms with E-state index in [4.69, 9.17) is 4.74 Å². The summed E-state index contributed by atoms with van der Waals surface area (Å²) in [5.74, 6) is 0.0724. The summed E-state index contributed by atoms with van der Waals surface area (Å²) in [6, 6.07) is 4.71. The Labute approximate surface area is 136 Å². The number of aromatic amines is 1. The van der Waals surface area contributed by atoms with Gasteiger partial charge in [0.05, 0.1) is 0 Å². The van der Waals surface area contributed by atoms with Gasteiger partial charge >= 0.3 is 0 Å². The molecule has 2 heterocycles. The lowest BCUT2D eigenvalue weighted by Crippen LogP contribution is -2.43. The number of ether oxygens (including phenoxy) is 1. The van der Waals surface area contributed by atoms with E-state index < -0.39 is 0 Å². The number of hydrogen-bond donors (Lipinski definition) is 2. The smallest absolute Gasteiger partial charge is 0.249 e. The van der Waals surface area contributed by atoms with Crippen molar-refractivity contribution in [1.82, 2.24) is 10.3 Å². The largest absolute Gasteiger partial charge is 0.368 e. The average Bonchev–Trinajstić information content (AvgIpc) is 3.15. The number of nitrogens with one attached hydrogen (secondary N) is 2.